The van der Waals surface area contributed by atoms with Gasteiger partial charge in [0.15, 0.2) is 0 Å². The van der Waals surface area contributed by atoms with Crippen LogP contribution in [-0.2, 0) is 13.2 Å². The van der Waals surface area contributed by atoms with Gasteiger partial charge in [0.05, 0.1) is 11.8 Å². The van der Waals surface area contributed by atoms with Gasteiger partial charge in [-0.1, -0.05) is 36.4 Å². The topological polar surface area (TPSA) is 49.9 Å². The van der Waals surface area contributed by atoms with Gasteiger partial charge in [0.25, 0.3) is 0 Å². The molecule has 25 heavy (non-hydrogen) atoms. The summed E-state index contributed by atoms with van der Waals surface area (Å²) in [5, 5.41) is 0. The van der Waals surface area contributed by atoms with Crippen LogP contribution >= 0.6 is 24.1 Å². The molecule has 0 N–H and O–H groups in total. The summed E-state index contributed by atoms with van der Waals surface area (Å²) in [6.45, 7) is 3.04. The second kappa shape index (κ2) is 10.1. The number of rotatable bonds is 8. The Bertz CT molecular complexity index is 624. The van der Waals surface area contributed by atoms with Gasteiger partial charge >= 0.3 is 0 Å². The van der Waals surface area contributed by atoms with E-state index in [1.54, 1.807) is 9.80 Å². The van der Waals surface area contributed by atoms with Gasteiger partial charge in [-0.25, -0.2) is 3.63 Å². The largest absolute Gasteiger partial charge is 0.301 e. The SMILES string of the molecule is CC(=O)N(CSOSCN(C(C)=O)c1ccccc1)c1ccccc1. The highest BCUT2D eigenvalue weighted by atomic mass is 32.2. The van der Waals surface area contributed by atoms with Crippen LogP contribution in [0.4, 0.5) is 11.4 Å². The van der Waals surface area contributed by atoms with Gasteiger partial charge in [0.1, 0.15) is 0 Å². The zero-order chi connectivity index (χ0) is 18.1. The molecular formula is C18H20N2O3S2. The standard InChI is InChI=1S/C18H20N2O3S2/c1-15(21)19(17-9-5-3-6-10-17)13-24-23-25-14-20(16(2)22)18-11-7-4-8-12-18/h3-12H,13-14H2,1-2H3. The number of anilines is 2. The van der Waals surface area contributed by atoms with Crippen LogP contribution in [0.1, 0.15) is 13.8 Å². The van der Waals surface area contributed by atoms with Gasteiger partial charge in [-0.15, -0.1) is 0 Å². The minimum absolute atomic E-state index is 0.0538. The molecule has 0 heterocycles. The number of nitrogens with zero attached hydrogens (tertiary/aromatic N) is 2. The van der Waals surface area contributed by atoms with Crippen LogP contribution in [0.2, 0.25) is 0 Å². The smallest absolute Gasteiger partial charge is 0.224 e. The molecule has 0 spiro atoms. The summed E-state index contributed by atoms with van der Waals surface area (Å²) in [6, 6.07) is 18.9. The van der Waals surface area contributed by atoms with E-state index in [1.165, 1.54) is 13.8 Å². The van der Waals surface area contributed by atoms with Crippen LogP contribution in [0.25, 0.3) is 0 Å². The van der Waals surface area contributed by atoms with Crippen LogP contribution in [0.5, 0.6) is 0 Å². The van der Waals surface area contributed by atoms with E-state index in [0.29, 0.717) is 11.8 Å². The summed E-state index contributed by atoms with van der Waals surface area (Å²) >= 11 is 2.33. The number of amides is 2. The Morgan fingerprint density at radius 3 is 1.44 bits per heavy atom. The van der Waals surface area contributed by atoms with E-state index in [1.807, 2.05) is 60.7 Å². The Morgan fingerprint density at radius 2 is 1.12 bits per heavy atom. The van der Waals surface area contributed by atoms with Crippen LogP contribution < -0.4 is 9.80 Å². The third kappa shape index (κ3) is 6.12. The molecular weight excluding hydrogens is 356 g/mol. The molecule has 7 heteroatoms. The number of hydrogen-bond donors (Lipinski definition) is 0. The van der Waals surface area contributed by atoms with Crippen molar-refractivity contribution < 1.29 is 13.2 Å². The van der Waals surface area contributed by atoms with Crippen molar-refractivity contribution in [2.45, 2.75) is 13.8 Å². The van der Waals surface area contributed by atoms with E-state index in [9.17, 15) is 9.59 Å². The summed E-state index contributed by atoms with van der Waals surface area (Å²) in [5.74, 6) is 0.638. The molecule has 0 saturated carbocycles. The Balaban J connectivity index is 1.81. The van der Waals surface area contributed by atoms with Crippen LogP contribution in [0, 0.1) is 0 Å². The van der Waals surface area contributed by atoms with Crippen molar-refractivity contribution in [2.75, 3.05) is 21.6 Å². The molecule has 0 bridgehead atoms. The molecule has 0 fully saturated rings. The second-order valence-electron chi connectivity index (χ2n) is 5.13. The average molecular weight is 377 g/mol. The van der Waals surface area contributed by atoms with Crippen LogP contribution in [-0.4, -0.2) is 23.6 Å². The first kappa shape index (κ1) is 19.4. The number of carbonyl (C=O) groups is 2. The van der Waals surface area contributed by atoms with Crippen molar-refractivity contribution in [1.82, 2.24) is 0 Å². The summed E-state index contributed by atoms with van der Waals surface area (Å²) in [7, 11) is 0. The van der Waals surface area contributed by atoms with Gasteiger partial charge in [-0.2, -0.15) is 0 Å². The molecule has 0 radical (unpaired) electrons. The lowest BCUT2D eigenvalue weighted by atomic mass is 10.3. The summed E-state index contributed by atoms with van der Waals surface area (Å²) in [4.78, 5) is 26.8. The first-order valence-electron chi connectivity index (χ1n) is 7.67. The minimum Gasteiger partial charge on any atom is -0.301 e. The Hall–Kier alpha value is -1.96. The molecule has 0 unspecified atom stereocenters. The fourth-order valence-corrected chi connectivity index (χ4v) is 3.58. The number of benzene rings is 2. The maximum Gasteiger partial charge on any atom is 0.224 e. The Labute approximate surface area is 156 Å². The van der Waals surface area contributed by atoms with E-state index in [-0.39, 0.29) is 11.8 Å². The molecule has 132 valence electrons. The molecule has 0 aliphatic heterocycles. The molecule has 0 aliphatic carbocycles. The average Bonchev–Trinajstić information content (AvgIpc) is 2.62. The predicted octanol–water partition coefficient (Wildman–Crippen LogP) is 4.32. The number of para-hydroxylation sites is 2. The van der Waals surface area contributed by atoms with E-state index in [4.69, 9.17) is 3.63 Å². The first-order chi connectivity index (χ1) is 12.1. The van der Waals surface area contributed by atoms with E-state index < -0.39 is 0 Å². The summed E-state index contributed by atoms with van der Waals surface area (Å²) in [6.07, 6.45) is 0. The molecule has 2 amide bonds. The van der Waals surface area contributed by atoms with Gasteiger partial charge in [0, 0.05) is 49.3 Å². The summed E-state index contributed by atoms with van der Waals surface area (Å²) in [5.41, 5.74) is 1.65. The fraction of sp³-hybridized carbons (Fsp3) is 0.222. The van der Waals surface area contributed by atoms with Gasteiger partial charge < -0.3 is 9.80 Å². The lowest BCUT2D eigenvalue weighted by molar-refractivity contribution is -0.117. The predicted molar refractivity (Wildman–Crippen MR) is 105 cm³/mol. The van der Waals surface area contributed by atoms with Gasteiger partial charge in [0.2, 0.25) is 11.8 Å². The molecule has 0 aliphatic rings. The highest BCUT2D eigenvalue weighted by Crippen LogP contribution is 2.23. The van der Waals surface area contributed by atoms with Crippen LogP contribution in [0.15, 0.2) is 60.7 Å². The molecule has 0 aromatic heterocycles. The van der Waals surface area contributed by atoms with E-state index in [0.717, 1.165) is 35.5 Å². The molecule has 2 aromatic carbocycles. The van der Waals surface area contributed by atoms with Crippen molar-refractivity contribution in [2.24, 2.45) is 0 Å². The van der Waals surface area contributed by atoms with Crippen molar-refractivity contribution >= 4 is 47.3 Å². The lowest BCUT2D eigenvalue weighted by Gasteiger charge is -2.21. The first-order valence-corrected chi connectivity index (χ1v) is 9.49. The Kier molecular flexibility index (Phi) is 7.84. The third-order valence-corrected chi connectivity index (χ3v) is 4.85. The highest BCUT2D eigenvalue weighted by molar-refractivity contribution is 8.07. The monoisotopic (exact) mass is 376 g/mol. The van der Waals surface area contributed by atoms with Crippen LogP contribution in [0.3, 0.4) is 0 Å². The number of hydrogen-bond acceptors (Lipinski definition) is 5. The quantitative estimate of drug-likeness (QED) is 0.390. The van der Waals surface area contributed by atoms with E-state index in [2.05, 4.69) is 0 Å². The van der Waals surface area contributed by atoms with Gasteiger partial charge in [-0.3, -0.25) is 9.59 Å². The molecule has 0 saturated heterocycles. The Morgan fingerprint density at radius 1 is 0.760 bits per heavy atom. The molecule has 5 nitrogen and oxygen atoms in total. The molecule has 0 atom stereocenters. The van der Waals surface area contributed by atoms with Crippen molar-refractivity contribution in [3.8, 4) is 0 Å². The fourth-order valence-electron chi connectivity index (χ4n) is 2.09. The zero-order valence-corrected chi connectivity index (χ0v) is 15.8. The van der Waals surface area contributed by atoms with E-state index >= 15 is 0 Å². The normalized spacial score (nSPS) is 10.3. The second-order valence-corrected chi connectivity index (χ2v) is 6.66. The summed E-state index contributed by atoms with van der Waals surface area (Å²) < 4.78 is 5.48. The minimum atomic E-state index is -0.0538. The highest BCUT2D eigenvalue weighted by Gasteiger charge is 2.13. The van der Waals surface area contributed by atoms with Crippen molar-refractivity contribution in [3.05, 3.63) is 60.7 Å². The zero-order valence-electron chi connectivity index (χ0n) is 14.1. The molecule has 2 aromatic rings. The van der Waals surface area contributed by atoms with Crippen molar-refractivity contribution in [3.63, 3.8) is 0 Å². The van der Waals surface area contributed by atoms with Crippen molar-refractivity contribution in [1.29, 1.82) is 0 Å². The third-order valence-electron chi connectivity index (χ3n) is 3.36. The maximum atomic E-state index is 11.8. The number of carbonyl (C=O) groups excluding carboxylic acids is 2. The lowest BCUT2D eigenvalue weighted by Crippen LogP contribution is -2.28. The maximum absolute atomic E-state index is 11.8. The molecule has 2 rings (SSSR count). The van der Waals surface area contributed by atoms with Gasteiger partial charge in [-0.05, 0) is 24.3 Å².